The van der Waals surface area contributed by atoms with Gasteiger partial charge in [-0.05, 0) is 6.42 Å². The molecule has 148 valence electrons. The van der Waals surface area contributed by atoms with Crippen LogP contribution in [0.25, 0.3) is 11.4 Å². The first-order chi connectivity index (χ1) is 13.7. The van der Waals surface area contributed by atoms with Crippen LogP contribution in [0, 0.1) is 0 Å². The number of nitrogens with zero attached hydrogens (tertiary/aromatic N) is 3. The lowest BCUT2D eigenvalue weighted by molar-refractivity contribution is -0.181. The summed E-state index contributed by atoms with van der Waals surface area (Å²) in [4.78, 5) is 24.1. The molecule has 4 rings (SSSR count). The maximum Gasteiger partial charge on any atom is 0.272 e. The molecule has 7 heteroatoms. The topological polar surface area (TPSA) is 76.6 Å². The lowest BCUT2D eigenvalue weighted by Gasteiger charge is -2.37. The van der Waals surface area contributed by atoms with Gasteiger partial charge in [0.05, 0.1) is 13.2 Å². The average molecular weight is 382 g/mol. The van der Waals surface area contributed by atoms with Crippen LogP contribution in [-0.4, -0.2) is 59.4 Å². The monoisotopic (exact) mass is 382 g/mol. The number of ether oxygens (including phenoxy) is 2. The highest BCUT2D eigenvalue weighted by atomic mass is 16.7. The van der Waals surface area contributed by atoms with Crippen molar-refractivity contribution in [2.75, 3.05) is 38.2 Å². The standard InChI is InChI=1S/C21H26N4O3/c1-2-10-22-18-15-17(23-19(24-18)16-6-4-3-5-7-16)20(26)25-11-8-21(9-12-25)27-13-14-28-21/h3-7,15H,2,8-14H2,1H3,(H,22,23,24). The van der Waals surface area contributed by atoms with Gasteiger partial charge in [0.1, 0.15) is 11.5 Å². The fraction of sp³-hybridized carbons (Fsp3) is 0.476. The van der Waals surface area contributed by atoms with Gasteiger partial charge in [-0.15, -0.1) is 0 Å². The van der Waals surface area contributed by atoms with E-state index in [1.807, 2.05) is 35.2 Å². The first-order valence-electron chi connectivity index (χ1n) is 9.95. The van der Waals surface area contributed by atoms with Gasteiger partial charge in [-0.25, -0.2) is 9.97 Å². The van der Waals surface area contributed by atoms with E-state index in [1.54, 1.807) is 6.07 Å². The van der Waals surface area contributed by atoms with Gasteiger partial charge >= 0.3 is 0 Å². The van der Waals surface area contributed by atoms with Crippen molar-refractivity contribution in [3.05, 3.63) is 42.1 Å². The number of nitrogens with one attached hydrogen (secondary N) is 1. The van der Waals surface area contributed by atoms with Gasteiger partial charge in [0.25, 0.3) is 5.91 Å². The highest BCUT2D eigenvalue weighted by molar-refractivity contribution is 5.93. The summed E-state index contributed by atoms with van der Waals surface area (Å²) in [6.45, 7) is 5.34. The SMILES string of the molecule is CCCNc1cc(C(=O)N2CCC3(CC2)OCCO3)nc(-c2ccccc2)n1. The lowest BCUT2D eigenvalue weighted by atomic mass is 10.0. The Kier molecular flexibility index (Phi) is 5.54. The van der Waals surface area contributed by atoms with E-state index >= 15 is 0 Å². The molecule has 0 atom stereocenters. The number of benzene rings is 1. The molecule has 1 amide bonds. The van der Waals surface area contributed by atoms with E-state index in [-0.39, 0.29) is 5.91 Å². The minimum absolute atomic E-state index is 0.0769. The number of aromatic nitrogens is 2. The summed E-state index contributed by atoms with van der Waals surface area (Å²) >= 11 is 0. The second-order valence-electron chi connectivity index (χ2n) is 7.15. The van der Waals surface area contributed by atoms with E-state index in [9.17, 15) is 4.79 Å². The minimum atomic E-state index is -0.495. The molecule has 1 aromatic heterocycles. The minimum Gasteiger partial charge on any atom is -0.370 e. The zero-order chi connectivity index (χ0) is 19.4. The molecule has 0 radical (unpaired) electrons. The van der Waals surface area contributed by atoms with E-state index in [4.69, 9.17) is 9.47 Å². The number of likely N-dealkylation sites (tertiary alicyclic amines) is 1. The van der Waals surface area contributed by atoms with Gasteiger partial charge < -0.3 is 19.7 Å². The first kappa shape index (κ1) is 18.8. The summed E-state index contributed by atoms with van der Waals surface area (Å²) in [7, 11) is 0. The Morgan fingerprint density at radius 3 is 2.54 bits per heavy atom. The molecule has 1 aromatic carbocycles. The summed E-state index contributed by atoms with van der Waals surface area (Å²) in [6, 6.07) is 11.5. The van der Waals surface area contributed by atoms with Crippen LogP contribution in [0.1, 0.15) is 36.7 Å². The van der Waals surface area contributed by atoms with Crippen molar-refractivity contribution < 1.29 is 14.3 Å². The van der Waals surface area contributed by atoms with Crippen LogP contribution in [0.15, 0.2) is 36.4 Å². The molecule has 2 aliphatic rings. The van der Waals surface area contributed by atoms with Crippen LogP contribution in [0.2, 0.25) is 0 Å². The molecule has 2 aliphatic heterocycles. The van der Waals surface area contributed by atoms with Crippen LogP contribution in [0.3, 0.4) is 0 Å². The predicted molar refractivity (Wildman–Crippen MR) is 106 cm³/mol. The van der Waals surface area contributed by atoms with Crippen molar-refractivity contribution in [3.8, 4) is 11.4 Å². The second-order valence-corrected chi connectivity index (χ2v) is 7.15. The maximum absolute atomic E-state index is 13.1. The molecule has 0 saturated carbocycles. The zero-order valence-corrected chi connectivity index (χ0v) is 16.2. The Labute approximate surface area is 165 Å². The molecular formula is C21H26N4O3. The summed E-state index contributed by atoms with van der Waals surface area (Å²) in [5.74, 6) is 0.661. The number of hydrogen-bond donors (Lipinski definition) is 1. The summed E-state index contributed by atoms with van der Waals surface area (Å²) in [5, 5.41) is 3.28. The van der Waals surface area contributed by atoms with Gasteiger partial charge in [0, 0.05) is 44.1 Å². The van der Waals surface area contributed by atoms with Crippen molar-refractivity contribution in [2.24, 2.45) is 0 Å². The molecule has 1 spiro atoms. The normalized spacial score (nSPS) is 18.4. The highest BCUT2D eigenvalue weighted by Gasteiger charge is 2.41. The third-order valence-electron chi connectivity index (χ3n) is 5.16. The molecule has 0 bridgehead atoms. The Bertz CT molecular complexity index is 812. The van der Waals surface area contributed by atoms with Crippen LogP contribution in [0.5, 0.6) is 0 Å². The number of hydrogen-bond acceptors (Lipinski definition) is 6. The number of rotatable bonds is 5. The highest BCUT2D eigenvalue weighted by Crippen LogP contribution is 2.31. The summed E-state index contributed by atoms with van der Waals surface area (Å²) in [6.07, 6.45) is 2.36. The summed E-state index contributed by atoms with van der Waals surface area (Å²) < 4.78 is 11.5. The molecule has 2 fully saturated rings. The van der Waals surface area contributed by atoms with Crippen molar-refractivity contribution in [2.45, 2.75) is 32.0 Å². The molecule has 2 aromatic rings. The molecule has 0 unspecified atom stereocenters. The zero-order valence-electron chi connectivity index (χ0n) is 16.2. The third kappa shape index (κ3) is 4.00. The summed E-state index contributed by atoms with van der Waals surface area (Å²) in [5.41, 5.74) is 1.30. The largest absolute Gasteiger partial charge is 0.370 e. The van der Waals surface area contributed by atoms with Crippen LogP contribution in [-0.2, 0) is 9.47 Å². The Balaban J connectivity index is 1.56. The smallest absolute Gasteiger partial charge is 0.272 e. The molecule has 28 heavy (non-hydrogen) atoms. The van der Waals surface area contributed by atoms with Crippen LogP contribution < -0.4 is 5.32 Å². The van der Waals surface area contributed by atoms with E-state index < -0.39 is 5.79 Å². The molecular weight excluding hydrogens is 356 g/mol. The number of anilines is 1. The fourth-order valence-electron chi connectivity index (χ4n) is 3.61. The molecule has 2 saturated heterocycles. The van der Waals surface area contributed by atoms with Crippen molar-refractivity contribution in [1.82, 2.24) is 14.9 Å². The van der Waals surface area contributed by atoms with Gasteiger partial charge in [0.2, 0.25) is 0 Å². The Morgan fingerprint density at radius 2 is 1.86 bits per heavy atom. The van der Waals surface area contributed by atoms with Crippen molar-refractivity contribution >= 4 is 11.7 Å². The van der Waals surface area contributed by atoms with Gasteiger partial charge in [0.15, 0.2) is 11.6 Å². The van der Waals surface area contributed by atoms with Crippen molar-refractivity contribution in [1.29, 1.82) is 0 Å². The van der Waals surface area contributed by atoms with E-state index in [0.29, 0.717) is 56.5 Å². The van der Waals surface area contributed by atoms with Gasteiger partial charge in [-0.3, -0.25) is 4.79 Å². The Hall–Kier alpha value is -2.51. The molecule has 0 aliphatic carbocycles. The first-order valence-corrected chi connectivity index (χ1v) is 9.95. The maximum atomic E-state index is 13.1. The fourth-order valence-corrected chi connectivity index (χ4v) is 3.61. The number of carbonyl (C=O) groups excluding carboxylic acids is 1. The van der Waals surface area contributed by atoms with E-state index in [0.717, 1.165) is 18.5 Å². The van der Waals surface area contributed by atoms with Crippen molar-refractivity contribution in [3.63, 3.8) is 0 Å². The number of piperidine rings is 1. The second kappa shape index (κ2) is 8.24. The van der Waals surface area contributed by atoms with Crippen LogP contribution >= 0.6 is 0 Å². The predicted octanol–water partition coefficient (Wildman–Crippen LogP) is 2.94. The van der Waals surface area contributed by atoms with Crippen LogP contribution in [0.4, 0.5) is 5.82 Å². The quantitative estimate of drug-likeness (QED) is 0.857. The molecule has 7 nitrogen and oxygen atoms in total. The van der Waals surface area contributed by atoms with E-state index in [1.165, 1.54) is 0 Å². The molecule has 3 heterocycles. The molecule has 1 N–H and O–H groups in total. The Morgan fingerprint density at radius 1 is 1.14 bits per heavy atom. The number of carbonyl (C=O) groups is 1. The third-order valence-corrected chi connectivity index (χ3v) is 5.16. The van der Waals surface area contributed by atoms with E-state index in [2.05, 4.69) is 22.2 Å². The van der Waals surface area contributed by atoms with Gasteiger partial charge in [-0.2, -0.15) is 0 Å². The lowest BCUT2D eigenvalue weighted by Crippen LogP contribution is -2.47. The average Bonchev–Trinajstić information content (AvgIpc) is 3.20. The number of amides is 1. The van der Waals surface area contributed by atoms with Gasteiger partial charge in [-0.1, -0.05) is 37.3 Å².